The second-order valence-corrected chi connectivity index (χ2v) is 8.96. The van der Waals surface area contributed by atoms with Crippen molar-refractivity contribution in [3.05, 3.63) is 59.9 Å². The Bertz CT molecular complexity index is 916. The first kappa shape index (κ1) is 18.4. The van der Waals surface area contributed by atoms with Gasteiger partial charge in [-0.1, -0.05) is 30.3 Å². The lowest BCUT2D eigenvalue weighted by Crippen LogP contribution is -2.51. The van der Waals surface area contributed by atoms with Crippen molar-refractivity contribution in [3.63, 3.8) is 0 Å². The molecule has 1 saturated heterocycles. The number of benzene rings is 2. The first-order valence-electron chi connectivity index (χ1n) is 9.15. The highest BCUT2D eigenvalue weighted by atomic mass is 32.2. The van der Waals surface area contributed by atoms with E-state index in [-0.39, 0.29) is 16.7 Å². The number of halogens is 1. The second kappa shape index (κ2) is 7.22. The molecule has 1 atom stereocenters. The van der Waals surface area contributed by atoms with Gasteiger partial charge in [-0.2, -0.15) is 4.31 Å². The Kier molecular flexibility index (Phi) is 4.92. The van der Waals surface area contributed by atoms with Crippen LogP contribution in [0.4, 0.5) is 4.39 Å². The summed E-state index contributed by atoms with van der Waals surface area (Å²) in [5, 5.41) is 0. The van der Waals surface area contributed by atoms with E-state index in [1.54, 1.807) is 0 Å². The minimum Gasteiger partial charge on any atom is -0.494 e. The highest BCUT2D eigenvalue weighted by Gasteiger charge is 2.41. The van der Waals surface area contributed by atoms with Gasteiger partial charge in [-0.15, -0.1) is 0 Å². The topological polar surface area (TPSA) is 49.9 Å². The molecule has 0 amide bonds. The normalized spacial score (nSPS) is 21.9. The molecule has 2 fully saturated rings. The van der Waals surface area contributed by atoms with Crippen molar-refractivity contribution in [2.24, 2.45) is 0 Å². The number of ether oxygens (including phenoxy) is 1. The van der Waals surface area contributed by atoms with E-state index < -0.39 is 15.8 Å². The number of sulfonamides is 1. The molecule has 0 bridgehead atoms. The number of hydrogen-bond acceptors (Lipinski definition) is 4. The Morgan fingerprint density at radius 2 is 1.81 bits per heavy atom. The zero-order valence-corrected chi connectivity index (χ0v) is 16.0. The Labute approximate surface area is 159 Å². The minimum atomic E-state index is -3.82. The molecule has 0 radical (unpaired) electrons. The minimum absolute atomic E-state index is 0.0344. The number of rotatable bonds is 5. The summed E-state index contributed by atoms with van der Waals surface area (Å²) in [7, 11) is -2.47. The van der Waals surface area contributed by atoms with Crippen LogP contribution in [0.2, 0.25) is 0 Å². The number of hydrogen-bond donors (Lipinski definition) is 0. The highest BCUT2D eigenvalue weighted by Crippen LogP contribution is 2.36. The SMILES string of the molecule is COc1ccc(S(=O)(=O)N2CCN(C3CC3)CC2c2ccccc2)cc1F. The molecule has 1 saturated carbocycles. The van der Waals surface area contributed by atoms with Crippen molar-refractivity contribution in [2.45, 2.75) is 29.8 Å². The summed E-state index contributed by atoms with van der Waals surface area (Å²) in [4.78, 5) is 2.33. The third-order valence-electron chi connectivity index (χ3n) is 5.34. The smallest absolute Gasteiger partial charge is 0.243 e. The van der Waals surface area contributed by atoms with E-state index in [9.17, 15) is 12.8 Å². The number of piperazine rings is 1. The molecule has 144 valence electrons. The van der Waals surface area contributed by atoms with Gasteiger partial charge in [-0.3, -0.25) is 4.90 Å². The highest BCUT2D eigenvalue weighted by molar-refractivity contribution is 7.89. The second-order valence-electron chi connectivity index (χ2n) is 7.06. The first-order chi connectivity index (χ1) is 13.0. The molecule has 1 unspecified atom stereocenters. The van der Waals surface area contributed by atoms with Crippen LogP contribution < -0.4 is 4.74 Å². The molecular weight excluding hydrogens is 367 g/mol. The van der Waals surface area contributed by atoms with Gasteiger partial charge in [0.25, 0.3) is 0 Å². The fourth-order valence-corrected chi connectivity index (χ4v) is 5.34. The summed E-state index contributed by atoms with van der Waals surface area (Å²) < 4.78 is 47.2. The summed E-state index contributed by atoms with van der Waals surface area (Å²) in [6, 6.07) is 13.8. The fourth-order valence-electron chi connectivity index (χ4n) is 3.74. The van der Waals surface area contributed by atoms with Gasteiger partial charge >= 0.3 is 0 Å². The van der Waals surface area contributed by atoms with Gasteiger partial charge in [-0.25, -0.2) is 12.8 Å². The summed E-state index contributed by atoms with van der Waals surface area (Å²) >= 11 is 0. The summed E-state index contributed by atoms with van der Waals surface area (Å²) in [6.07, 6.45) is 2.36. The van der Waals surface area contributed by atoms with Crippen LogP contribution in [0, 0.1) is 5.82 Å². The number of methoxy groups -OCH3 is 1. The van der Waals surface area contributed by atoms with Gasteiger partial charge in [0.05, 0.1) is 18.0 Å². The molecule has 5 nitrogen and oxygen atoms in total. The molecular formula is C20H23FN2O3S. The standard InChI is InChI=1S/C20H23FN2O3S/c1-26-20-10-9-17(13-18(20)21)27(24,25)23-12-11-22(16-7-8-16)14-19(23)15-5-3-2-4-6-15/h2-6,9-10,13,16,19H,7-8,11-12,14H2,1H3. The molecule has 7 heteroatoms. The molecule has 0 N–H and O–H groups in total. The summed E-state index contributed by atoms with van der Waals surface area (Å²) in [6.45, 7) is 1.75. The van der Waals surface area contributed by atoms with Crippen LogP contribution in [0.3, 0.4) is 0 Å². The van der Waals surface area contributed by atoms with E-state index in [1.807, 2.05) is 30.3 Å². The maximum absolute atomic E-state index is 14.1. The molecule has 1 aliphatic carbocycles. The average Bonchev–Trinajstić information content (AvgIpc) is 3.53. The van der Waals surface area contributed by atoms with Crippen LogP contribution >= 0.6 is 0 Å². The van der Waals surface area contributed by atoms with E-state index in [1.165, 1.54) is 36.4 Å². The van der Waals surface area contributed by atoms with Gasteiger partial charge in [0.1, 0.15) is 0 Å². The van der Waals surface area contributed by atoms with Gasteiger partial charge in [-0.05, 0) is 36.6 Å². The fraction of sp³-hybridized carbons (Fsp3) is 0.400. The van der Waals surface area contributed by atoms with Crippen LogP contribution in [-0.2, 0) is 10.0 Å². The quantitative estimate of drug-likeness (QED) is 0.787. The monoisotopic (exact) mass is 390 g/mol. The molecule has 2 aromatic carbocycles. The Morgan fingerprint density at radius 3 is 2.44 bits per heavy atom. The van der Waals surface area contributed by atoms with Crippen molar-refractivity contribution in [1.82, 2.24) is 9.21 Å². The van der Waals surface area contributed by atoms with Gasteiger partial charge in [0, 0.05) is 25.7 Å². The lowest BCUT2D eigenvalue weighted by Gasteiger charge is -2.41. The van der Waals surface area contributed by atoms with E-state index in [0.717, 1.165) is 11.6 Å². The predicted molar refractivity (Wildman–Crippen MR) is 101 cm³/mol. The Balaban J connectivity index is 1.69. The molecule has 0 spiro atoms. The van der Waals surface area contributed by atoms with Crippen molar-refractivity contribution in [2.75, 3.05) is 26.7 Å². The maximum Gasteiger partial charge on any atom is 0.243 e. The van der Waals surface area contributed by atoms with Crippen molar-refractivity contribution < 1.29 is 17.5 Å². The van der Waals surface area contributed by atoms with E-state index in [2.05, 4.69) is 4.90 Å². The third-order valence-corrected chi connectivity index (χ3v) is 7.24. The van der Waals surface area contributed by atoms with E-state index in [0.29, 0.717) is 25.7 Å². The van der Waals surface area contributed by atoms with Crippen molar-refractivity contribution >= 4 is 10.0 Å². The number of nitrogens with zero attached hydrogens (tertiary/aromatic N) is 2. The van der Waals surface area contributed by atoms with Gasteiger partial charge in [0.2, 0.25) is 10.0 Å². The molecule has 2 aliphatic rings. The van der Waals surface area contributed by atoms with Gasteiger partial charge < -0.3 is 4.74 Å². The van der Waals surface area contributed by atoms with Crippen LogP contribution in [0.15, 0.2) is 53.4 Å². The predicted octanol–water partition coefficient (Wildman–Crippen LogP) is 3.04. The van der Waals surface area contributed by atoms with Crippen molar-refractivity contribution in [3.8, 4) is 5.75 Å². The summed E-state index contributed by atoms with van der Waals surface area (Å²) in [5.74, 6) is -0.640. The molecule has 1 aliphatic heterocycles. The summed E-state index contributed by atoms with van der Waals surface area (Å²) in [5.41, 5.74) is 0.959. The molecule has 4 rings (SSSR count). The third kappa shape index (κ3) is 3.59. The van der Waals surface area contributed by atoms with Crippen molar-refractivity contribution in [1.29, 1.82) is 0 Å². The van der Waals surface area contributed by atoms with Crippen LogP contribution in [-0.4, -0.2) is 50.4 Å². The zero-order valence-electron chi connectivity index (χ0n) is 15.2. The largest absolute Gasteiger partial charge is 0.494 e. The zero-order chi connectivity index (χ0) is 19.0. The maximum atomic E-state index is 14.1. The molecule has 0 aromatic heterocycles. The van der Waals surface area contributed by atoms with E-state index in [4.69, 9.17) is 4.74 Å². The van der Waals surface area contributed by atoms with Crippen LogP contribution in [0.1, 0.15) is 24.4 Å². The Morgan fingerprint density at radius 1 is 1.07 bits per heavy atom. The lowest BCUT2D eigenvalue weighted by atomic mass is 10.0. The first-order valence-corrected chi connectivity index (χ1v) is 10.6. The lowest BCUT2D eigenvalue weighted by molar-refractivity contribution is 0.128. The molecule has 1 heterocycles. The molecule has 27 heavy (non-hydrogen) atoms. The van der Waals surface area contributed by atoms with Crippen LogP contribution in [0.25, 0.3) is 0 Å². The Hall–Kier alpha value is -1.96. The average molecular weight is 390 g/mol. The molecule has 2 aromatic rings. The van der Waals surface area contributed by atoms with Gasteiger partial charge in [0.15, 0.2) is 11.6 Å². The van der Waals surface area contributed by atoms with E-state index >= 15 is 0 Å². The van der Waals surface area contributed by atoms with Crippen LogP contribution in [0.5, 0.6) is 5.75 Å².